The molecule has 1 amide bonds. The van der Waals surface area contributed by atoms with E-state index in [0.29, 0.717) is 11.1 Å². The first-order valence-corrected chi connectivity index (χ1v) is 5.56. The van der Waals surface area contributed by atoms with E-state index in [1.165, 1.54) is 18.5 Å². The number of carbonyl (C=O) groups excluding carboxylic acids is 1. The second kappa shape index (κ2) is 5.03. The highest BCUT2D eigenvalue weighted by Crippen LogP contribution is 2.34. The molecule has 0 aliphatic rings. The minimum Gasteiger partial charge on any atom is -0.366 e. The molecule has 0 saturated carbocycles. The van der Waals surface area contributed by atoms with Crippen LogP contribution in [0.5, 0.6) is 0 Å². The van der Waals surface area contributed by atoms with Gasteiger partial charge in [-0.2, -0.15) is 0 Å². The van der Waals surface area contributed by atoms with Crippen LogP contribution in [-0.2, 0) is 0 Å². The number of hydrogen-bond acceptors (Lipinski definition) is 4. The van der Waals surface area contributed by atoms with Gasteiger partial charge in [0.25, 0.3) is 5.69 Å². The number of carbonyl (C=O) groups is 1. The Labute approximate surface area is 113 Å². The number of aromatic nitrogens is 1. The minimum atomic E-state index is -0.811. The predicted octanol–water partition coefficient (Wildman–Crippen LogP) is 2.41. The maximum atomic E-state index is 11.1. The molecule has 2 aromatic rings. The largest absolute Gasteiger partial charge is 0.366 e. The molecule has 0 spiro atoms. The highest BCUT2D eigenvalue weighted by molar-refractivity contribution is 6.34. The number of benzene rings is 1. The zero-order valence-electron chi connectivity index (χ0n) is 9.54. The van der Waals surface area contributed by atoms with Gasteiger partial charge in [0.1, 0.15) is 0 Å². The Bertz CT molecular complexity index is 659. The second-order valence-corrected chi connectivity index (χ2v) is 4.11. The SMILES string of the molecule is NC(=O)c1cc([N+](=O)[O-])c(-c2ccncc2)cc1Cl. The van der Waals surface area contributed by atoms with Crippen molar-refractivity contribution in [1.29, 1.82) is 0 Å². The highest BCUT2D eigenvalue weighted by Gasteiger charge is 2.20. The van der Waals surface area contributed by atoms with Crippen molar-refractivity contribution in [2.75, 3.05) is 0 Å². The normalized spacial score (nSPS) is 10.2. The molecule has 0 aliphatic heterocycles. The van der Waals surface area contributed by atoms with Gasteiger partial charge in [0.05, 0.1) is 21.1 Å². The molecule has 1 heterocycles. The minimum absolute atomic E-state index is 0.0740. The summed E-state index contributed by atoms with van der Waals surface area (Å²) in [5.74, 6) is -0.811. The Kier molecular flexibility index (Phi) is 3.43. The van der Waals surface area contributed by atoms with Crippen LogP contribution in [0, 0.1) is 10.1 Å². The fourth-order valence-electron chi connectivity index (χ4n) is 1.66. The maximum Gasteiger partial charge on any atom is 0.278 e. The van der Waals surface area contributed by atoms with Gasteiger partial charge in [0.2, 0.25) is 5.91 Å². The second-order valence-electron chi connectivity index (χ2n) is 3.71. The molecule has 0 radical (unpaired) electrons. The van der Waals surface area contributed by atoms with Crippen LogP contribution in [0.4, 0.5) is 5.69 Å². The molecule has 1 aromatic carbocycles. The molecule has 96 valence electrons. The van der Waals surface area contributed by atoms with E-state index in [9.17, 15) is 14.9 Å². The zero-order valence-corrected chi connectivity index (χ0v) is 10.3. The molecule has 0 atom stereocenters. The lowest BCUT2D eigenvalue weighted by atomic mass is 10.0. The molecular formula is C12H8ClN3O3. The average Bonchev–Trinajstić information content (AvgIpc) is 2.38. The molecule has 7 heteroatoms. The molecule has 0 saturated heterocycles. The number of amides is 1. The van der Waals surface area contributed by atoms with Gasteiger partial charge in [-0.1, -0.05) is 11.6 Å². The van der Waals surface area contributed by atoms with E-state index in [0.717, 1.165) is 6.07 Å². The van der Waals surface area contributed by atoms with Crippen molar-refractivity contribution in [2.45, 2.75) is 0 Å². The number of halogens is 1. The van der Waals surface area contributed by atoms with Crippen LogP contribution in [0.3, 0.4) is 0 Å². The molecule has 0 unspecified atom stereocenters. The first-order chi connectivity index (χ1) is 9.00. The van der Waals surface area contributed by atoms with Crippen LogP contribution in [0.25, 0.3) is 11.1 Å². The zero-order chi connectivity index (χ0) is 14.0. The predicted molar refractivity (Wildman–Crippen MR) is 69.9 cm³/mol. The van der Waals surface area contributed by atoms with Gasteiger partial charge in [-0.25, -0.2) is 0 Å². The van der Waals surface area contributed by atoms with Crippen LogP contribution in [0.1, 0.15) is 10.4 Å². The molecule has 0 bridgehead atoms. The Balaban J connectivity index is 2.71. The Morgan fingerprint density at radius 3 is 2.47 bits per heavy atom. The van der Waals surface area contributed by atoms with Crippen molar-refractivity contribution >= 4 is 23.2 Å². The van der Waals surface area contributed by atoms with Crippen molar-refractivity contribution in [3.8, 4) is 11.1 Å². The maximum absolute atomic E-state index is 11.1. The van der Waals surface area contributed by atoms with Gasteiger partial charge in [0.15, 0.2) is 0 Å². The molecule has 0 fully saturated rings. The van der Waals surface area contributed by atoms with E-state index in [1.54, 1.807) is 12.1 Å². The molecule has 19 heavy (non-hydrogen) atoms. The van der Waals surface area contributed by atoms with Crippen molar-refractivity contribution in [2.24, 2.45) is 5.73 Å². The van der Waals surface area contributed by atoms with E-state index in [-0.39, 0.29) is 16.3 Å². The van der Waals surface area contributed by atoms with E-state index >= 15 is 0 Å². The summed E-state index contributed by atoms with van der Waals surface area (Å²) < 4.78 is 0. The average molecular weight is 278 g/mol. The number of nitro benzene ring substituents is 1. The standard InChI is InChI=1S/C12H8ClN3O3/c13-10-5-8(7-1-3-15-4-2-7)11(16(18)19)6-9(10)12(14)17/h1-6H,(H2,14,17). The summed E-state index contributed by atoms with van der Waals surface area (Å²) in [5.41, 5.74) is 5.70. The van der Waals surface area contributed by atoms with Crippen LogP contribution in [0.15, 0.2) is 36.7 Å². The smallest absolute Gasteiger partial charge is 0.278 e. The van der Waals surface area contributed by atoms with Gasteiger partial charge in [0, 0.05) is 18.5 Å². The third-order valence-corrected chi connectivity index (χ3v) is 2.85. The monoisotopic (exact) mass is 277 g/mol. The quantitative estimate of drug-likeness (QED) is 0.688. The summed E-state index contributed by atoms with van der Waals surface area (Å²) in [6.45, 7) is 0. The third kappa shape index (κ3) is 2.53. The van der Waals surface area contributed by atoms with Crippen LogP contribution in [0.2, 0.25) is 5.02 Å². The lowest BCUT2D eigenvalue weighted by molar-refractivity contribution is -0.384. The van der Waals surface area contributed by atoms with Gasteiger partial charge in [-0.15, -0.1) is 0 Å². The number of hydrogen-bond donors (Lipinski definition) is 1. The summed E-state index contributed by atoms with van der Waals surface area (Å²) in [6.07, 6.45) is 3.02. The number of nitrogens with two attached hydrogens (primary N) is 1. The summed E-state index contributed by atoms with van der Waals surface area (Å²) in [6, 6.07) is 5.67. The number of primary amides is 1. The first-order valence-electron chi connectivity index (χ1n) is 5.19. The molecule has 2 N–H and O–H groups in total. The summed E-state index contributed by atoms with van der Waals surface area (Å²) in [7, 11) is 0. The Hall–Kier alpha value is -2.47. The van der Waals surface area contributed by atoms with E-state index < -0.39 is 10.8 Å². The third-order valence-electron chi connectivity index (χ3n) is 2.54. The van der Waals surface area contributed by atoms with Crippen LogP contribution >= 0.6 is 11.6 Å². The number of nitrogens with zero attached hydrogens (tertiary/aromatic N) is 2. The van der Waals surface area contributed by atoms with E-state index in [1.807, 2.05) is 0 Å². The van der Waals surface area contributed by atoms with Crippen LogP contribution in [-0.4, -0.2) is 15.8 Å². The summed E-state index contributed by atoms with van der Waals surface area (Å²) >= 11 is 5.91. The number of pyridine rings is 1. The molecule has 0 aliphatic carbocycles. The van der Waals surface area contributed by atoms with Gasteiger partial charge in [-0.05, 0) is 23.8 Å². The lowest BCUT2D eigenvalue weighted by Gasteiger charge is -2.06. The van der Waals surface area contributed by atoms with Gasteiger partial charge in [-0.3, -0.25) is 19.9 Å². The number of rotatable bonds is 3. The van der Waals surface area contributed by atoms with E-state index in [4.69, 9.17) is 17.3 Å². The Morgan fingerprint density at radius 1 is 1.32 bits per heavy atom. The fourth-order valence-corrected chi connectivity index (χ4v) is 1.92. The highest BCUT2D eigenvalue weighted by atomic mass is 35.5. The Morgan fingerprint density at radius 2 is 1.95 bits per heavy atom. The van der Waals surface area contributed by atoms with Crippen molar-refractivity contribution in [1.82, 2.24) is 4.98 Å². The fraction of sp³-hybridized carbons (Fsp3) is 0. The molecule has 6 nitrogen and oxygen atoms in total. The first kappa shape index (κ1) is 13.0. The topological polar surface area (TPSA) is 99.1 Å². The number of nitro groups is 1. The lowest BCUT2D eigenvalue weighted by Crippen LogP contribution is -2.12. The summed E-state index contributed by atoms with van der Waals surface area (Å²) in [4.78, 5) is 25.5. The van der Waals surface area contributed by atoms with E-state index in [2.05, 4.69) is 4.98 Å². The van der Waals surface area contributed by atoms with Crippen molar-refractivity contribution < 1.29 is 9.72 Å². The molecular weight excluding hydrogens is 270 g/mol. The van der Waals surface area contributed by atoms with Crippen molar-refractivity contribution in [3.63, 3.8) is 0 Å². The van der Waals surface area contributed by atoms with Crippen LogP contribution < -0.4 is 5.73 Å². The molecule has 2 rings (SSSR count). The van der Waals surface area contributed by atoms with Gasteiger partial charge < -0.3 is 5.73 Å². The molecule has 1 aromatic heterocycles. The van der Waals surface area contributed by atoms with Gasteiger partial charge >= 0.3 is 0 Å². The van der Waals surface area contributed by atoms with Crippen molar-refractivity contribution in [3.05, 3.63) is 57.4 Å². The summed E-state index contributed by atoms with van der Waals surface area (Å²) in [5, 5.41) is 11.1.